The van der Waals surface area contributed by atoms with E-state index >= 15 is 0 Å². The Kier molecular flexibility index (Phi) is 5.47. The van der Waals surface area contributed by atoms with Gasteiger partial charge in [0.1, 0.15) is 4.83 Å². The quantitative estimate of drug-likeness (QED) is 0.817. The molecule has 0 aromatic carbocycles. The summed E-state index contributed by atoms with van der Waals surface area (Å²) < 4.78 is 0. The number of hydrogen-bond donors (Lipinski definition) is 0. The minimum atomic E-state index is -0.600. The Morgan fingerprint density at radius 3 is 2.65 bits per heavy atom. The number of hydrogen-bond acceptors (Lipinski definition) is 3. The van der Waals surface area contributed by atoms with Gasteiger partial charge in [-0.1, -0.05) is 6.92 Å². The van der Waals surface area contributed by atoms with Crippen LogP contribution >= 0.6 is 11.3 Å². The molecule has 2 aromatic heterocycles. The van der Waals surface area contributed by atoms with Crippen molar-refractivity contribution >= 4 is 27.5 Å². The van der Waals surface area contributed by atoms with Crippen LogP contribution in [0.4, 0.5) is 0 Å². The van der Waals surface area contributed by atoms with Crippen molar-refractivity contribution < 1.29 is 63.0 Å². The Bertz CT molecular complexity index is 577. The number of pyridine rings is 1. The number of rotatable bonds is 2. The molecule has 0 bridgehead atoms. The molecule has 5 heteroatoms. The molecule has 0 aliphatic heterocycles. The molecule has 0 saturated heterocycles. The fourth-order valence-corrected chi connectivity index (χ4v) is 3.27. The standard InChI is InChI=1S/C12H14N2OS.Rb/c1-4-8-9-6(2)5-7(3)14-12(9)16-10(8)11(13)15;/h5H,4H2,1-3H3,(H2,13,15);/q;+1/p-1. The molecule has 0 atom stereocenters. The van der Waals surface area contributed by atoms with Crippen LogP contribution < -0.4 is 58.2 Å². The second-order valence-corrected chi connectivity index (χ2v) is 4.85. The van der Waals surface area contributed by atoms with E-state index in [0.717, 1.165) is 33.5 Å². The molecule has 2 heterocycles. The smallest absolute Gasteiger partial charge is 0.663 e. The van der Waals surface area contributed by atoms with E-state index in [1.807, 2.05) is 26.8 Å². The van der Waals surface area contributed by atoms with Crippen LogP contribution in [0, 0.1) is 13.8 Å². The molecule has 0 spiro atoms. The molecule has 0 aliphatic carbocycles. The van der Waals surface area contributed by atoms with Gasteiger partial charge >= 0.3 is 58.2 Å². The minimum absolute atomic E-state index is 0. The van der Waals surface area contributed by atoms with Gasteiger partial charge in [0, 0.05) is 11.1 Å². The van der Waals surface area contributed by atoms with Crippen LogP contribution in [-0.2, 0) is 6.42 Å². The SMILES string of the molecule is CCc1c(C([NH-])=O)sc2nc(C)cc(C)c12.[Rb+]. The molecule has 0 saturated carbocycles. The second kappa shape index (κ2) is 6.02. The summed E-state index contributed by atoms with van der Waals surface area (Å²) in [5, 5.41) is 1.06. The number of amides is 1. The summed E-state index contributed by atoms with van der Waals surface area (Å²) in [5.41, 5.74) is 10.3. The maximum Gasteiger partial charge on any atom is 1.00 e. The van der Waals surface area contributed by atoms with Crippen molar-refractivity contribution in [2.75, 3.05) is 0 Å². The normalized spacial score (nSPS) is 10.3. The summed E-state index contributed by atoms with van der Waals surface area (Å²) in [5.74, 6) is -0.600. The number of carbonyl (C=O) groups excluding carboxylic acids is 1. The number of aryl methyl sites for hydroxylation is 3. The number of thiophene rings is 1. The van der Waals surface area contributed by atoms with Gasteiger partial charge in [-0.15, -0.1) is 11.3 Å². The Hall–Kier alpha value is 0.385. The molecule has 0 radical (unpaired) electrons. The maximum atomic E-state index is 11.2. The maximum absolute atomic E-state index is 11.2. The monoisotopic (exact) mass is 318 g/mol. The van der Waals surface area contributed by atoms with E-state index in [4.69, 9.17) is 5.73 Å². The summed E-state index contributed by atoms with van der Waals surface area (Å²) in [6.45, 7) is 5.98. The minimum Gasteiger partial charge on any atom is -0.663 e. The van der Waals surface area contributed by atoms with E-state index in [0.29, 0.717) is 4.88 Å². The zero-order valence-electron chi connectivity index (χ0n) is 10.5. The van der Waals surface area contributed by atoms with Crippen molar-refractivity contribution in [1.82, 2.24) is 4.98 Å². The van der Waals surface area contributed by atoms with Gasteiger partial charge in [0.2, 0.25) is 0 Å². The third-order valence-corrected chi connectivity index (χ3v) is 3.77. The van der Waals surface area contributed by atoms with Crippen LogP contribution in [0.25, 0.3) is 16.0 Å². The van der Waals surface area contributed by atoms with E-state index in [9.17, 15) is 4.79 Å². The van der Waals surface area contributed by atoms with Gasteiger partial charge in [0.25, 0.3) is 0 Å². The van der Waals surface area contributed by atoms with E-state index in [2.05, 4.69) is 4.98 Å². The van der Waals surface area contributed by atoms with E-state index in [1.165, 1.54) is 11.3 Å². The van der Waals surface area contributed by atoms with Crippen LogP contribution in [0.3, 0.4) is 0 Å². The zero-order valence-corrected chi connectivity index (χ0v) is 16.3. The second-order valence-electron chi connectivity index (χ2n) is 3.85. The fraction of sp³-hybridized carbons (Fsp3) is 0.333. The number of nitrogens with one attached hydrogen (secondary N) is 1. The van der Waals surface area contributed by atoms with E-state index in [1.54, 1.807) is 0 Å². The summed E-state index contributed by atoms with van der Waals surface area (Å²) in [4.78, 5) is 17.1. The molecule has 1 N–H and O–H groups in total. The van der Waals surface area contributed by atoms with Gasteiger partial charge in [0.15, 0.2) is 0 Å². The number of carbonyl (C=O) groups is 1. The first-order valence-electron chi connectivity index (χ1n) is 5.20. The van der Waals surface area contributed by atoms with Gasteiger partial charge in [-0.25, -0.2) is 4.98 Å². The zero-order chi connectivity index (χ0) is 11.9. The largest absolute Gasteiger partial charge is 1.00 e. The molecule has 3 nitrogen and oxygen atoms in total. The van der Waals surface area contributed by atoms with Crippen LogP contribution in [-0.4, -0.2) is 10.9 Å². The fourth-order valence-electron chi connectivity index (χ4n) is 2.04. The first-order chi connectivity index (χ1) is 7.54. The van der Waals surface area contributed by atoms with E-state index < -0.39 is 5.91 Å². The van der Waals surface area contributed by atoms with Crippen molar-refractivity contribution in [3.05, 3.63) is 33.5 Å². The van der Waals surface area contributed by atoms with Crippen LogP contribution in [0.2, 0.25) is 0 Å². The summed E-state index contributed by atoms with van der Waals surface area (Å²) in [7, 11) is 0. The first kappa shape index (κ1) is 15.4. The molecule has 2 aromatic rings. The summed E-state index contributed by atoms with van der Waals surface area (Å²) in [6, 6.07) is 2.02. The predicted molar refractivity (Wildman–Crippen MR) is 67.1 cm³/mol. The van der Waals surface area contributed by atoms with Gasteiger partial charge in [-0.3, -0.25) is 0 Å². The van der Waals surface area contributed by atoms with Gasteiger partial charge in [0.05, 0.1) is 10.8 Å². The van der Waals surface area contributed by atoms with Gasteiger partial charge in [-0.2, -0.15) is 0 Å². The third kappa shape index (κ3) is 2.87. The van der Waals surface area contributed by atoms with Gasteiger partial charge < -0.3 is 10.5 Å². The molecule has 0 unspecified atom stereocenters. The van der Waals surface area contributed by atoms with Crippen molar-refractivity contribution in [3.63, 3.8) is 0 Å². The van der Waals surface area contributed by atoms with Crippen molar-refractivity contribution in [2.24, 2.45) is 0 Å². The van der Waals surface area contributed by atoms with E-state index in [-0.39, 0.29) is 58.2 Å². The molecule has 0 aliphatic rings. The first-order valence-corrected chi connectivity index (χ1v) is 6.01. The molecule has 17 heavy (non-hydrogen) atoms. The number of aromatic nitrogens is 1. The predicted octanol–water partition coefficient (Wildman–Crippen LogP) is 0.672. The topological polar surface area (TPSA) is 53.8 Å². The molecular formula is C12H13N2ORbS. The van der Waals surface area contributed by atoms with Gasteiger partial charge in [-0.05, 0) is 37.5 Å². The van der Waals surface area contributed by atoms with Crippen LogP contribution in [0.15, 0.2) is 6.07 Å². The Morgan fingerprint density at radius 2 is 2.12 bits per heavy atom. The Morgan fingerprint density at radius 1 is 1.47 bits per heavy atom. The molecule has 84 valence electrons. The van der Waals surface area contributed by atoms with Crippen molar-refractivity contribution in [2.45, 2.75) is 27.2 Å². The Balaban J connectivity index is 0.00000144. The molecular weight excluding hydrogens is 306 g/mol. The number of fused-ring (bicyclic) bond motifs is 1. The average molecular weight is 319 g/mol. The number of nitrogens with zero attached hydrogens (tertiary/aromatic N) is 1. The summed E-state index contributed by atoms with van der Waals surface area (Å²) in [6.07, 6.45) is 0.769. The van der Waals surface area contributed by atoms with Crippen LogP contribution in [0.5, 0.6) is 0 Å². The Labute approximate surface area is 154 Å². The molecule has 1 amide bonds. The molecule has 0 fully saturated rings. The van der Waals surface area contributed by atoms with Crippen molar-refractivity contribution in [3.8, 4) is 0 Å². The summed E-state index contributed by atoms with van der Waals surface area (Å²) >= 11 is 1.34. The average Bonchev–Trinajstić information content (AvgIpc) is 2.56. The molecule has 2 rings (SSSR count). The van der Waals surface area contributed by atoms with Crippen molar-refractivity contribution in [1.29, 1.82) is 0 Å². The third-order valence-electron chi connectivity index (χ3n) is 2.65. The van der Waals surface area contributed by atoms with Crippen LogP contribution in [0.1, 0.15) is 33.4 Å².